The van der Waals surface area contributed by atoms with Crippen molar-refractivity contribution >= 4 is 26.3 Å². The van der Waals surface area contributed by atoms with Crippen molar-refractivity contribution in [2.45, 2.75) is 64.2 Å². The number of hydrogen-bond acceptors (Lipinski definition) is 8. The highest BCUT2D eigenvalue weighted by molar-refractivity contribution is 7.86. The van der Waals surface area contributed by atoms with E-state index in [1.807, 2.05) is 0 Å². The largest absolute Gasteiger partial charge is 0.444 e. The molecule has 2 atom stereocenters. The molecule has 1 saturated carbocycles. The van der Waals surface area contributed by atoms with Crippen LogP contribution in [0, 0.1) is 5.92 Å². The van der Waals surface area contributed by atoms with Gasteiger partial charge in [0.2, 0.25) is 0 Å². The SMILES string of the molecule is CC(C)(C)OC(=O)NC(COS(C)(=O)=O)CC(OS(C)(=O)=O)C1CCC1. The Hall–Kier alpha value is -0.910. The number of hydrogen-bond donors (Lipinski definition) is 1. The number of alkyl carbamates (subject to hydrolysis) is 1. The van der Waals surface area contributed by atoms with E-state index in [0.717, 1.165) is 31.8 Å². The zero-order chi connectivity index (χ0) is 20.2. The number of carbonyl (C=O) groups is 1. The van der Waals surface area contributed by atoms with Crippen molar-refractivity contribution in [3.8, 4) is 0 Å². The van der Waals surface area contributed by atoms with Gasteiger partial charge in [-0.15, -0.1) is 0 Å². The molecule has 2 unspecified atom stereocenters. The molecule has 1 N–H and O–H groups in total. The van der Waals surface area contributed by atoms with Crippen LogP contribution in [-0.2, 0) is 33.3 Å². The van der Waals surface area contributed by atoms with Gasteiger partial charge in [-0.25, -0.2) is 4.79 Å². The third-order valence-electron chi connectivity index (χ3n) is 3.69. The highest BCUT2D eigenvalue weighted by Crippen LogP contribution is 2.34. The lowest BCUT2D eigenvalue weighted by Crippen LogP contribution is -2.45. The average Bonchev–Trinajstić information content (AvgIpc) is 2.28. The molecule has 0 radical (unpaired) electrons. The Morgan fingerprint density at radius 3 is 2.08 bits per heavy atom. The fraction of sp³-hybridized carbons (Fsp3) is 0.933. The van der Waals surface area contributed by atoms with E-state index in [-0.39, 0.29) is 18.9 Å². The number of carbonyl (C=O) groups excluding carboxylic acids is 1. The summed E-state index contributed by atoms with van der Waals surface area (Å²) in [6, 6.07) is -0.785. The molecule has 1 fully saturated rings. The fourth-order valence-electron chi connectivity index (χ4n) is 2.48. The Kier molecular flexibility index (Phi) is 7.88. The van der Waals surface area contributed by atoms with Crippen molar-refractivity contribution in [1.82, 2.24) is 5.32 Å². The van der Waals surface area contributed by atoms with Gasteiger partial charge >= 0.3 is 6.09 Å². The third-order valence-corrected chi connectivity index (χ3v) is 4.86. The molecule has 0 saturated heterocycles. The molecular formula is C15H29NO8S2. The lowest BCUT2D eigenvalue weighted by Gasteiger charge is -2.35. The fourth-order valence-corrected chi connectivity index (χ4v) is 3.57. The maximum atomic E-state index is 12.0. The van der Waals surface area contributed by atoms with Gasteiger partial charge in [-0.2, -0.15) is 16.8 Å². The molecule has 0 aromatic rings. The summed E-state index contributed by atoms with van der Waals surface area (Å²) in [5.74, 6) is 0.0332. The van der Waals surface area contributed by atoms with Gasteiger partial charge < -0.3 is 10.1 Å². The predicted molar refractivity (Wildman–Crippen MR) is 95.6 cm³/mol. The Bertz CT molecular complexity index is 677. The van der Waals surface area contributed by atoms with E-state index in [1.54, 1.807) is 20.8 Å². The molecule has 0 spiro atoms. The van der Waals surface area contributed by atoms with E-state index in [2.05, 4.69) is 5.32 Å². The second kappa shape index (κ2) is 8.85. The van der Waals surface area contributed by atoms with E-state index >= 15 is 0 Å². The van der Waals surface area contributed by atoms with Crippen molar-refractivity contribution in [3.05, 3.63) is 0 Å². The van der Waals surface area contributed by atoms with Crippen molar-refractivity contribution in [2.75, 3.05) is 19.1 Å². The normalized spacial score (nSPS) is 18.7. The maximum Gasteiger partial charge on any atom is 0.407 e. The minimum absolute atomic E-state index is 0.0332. The average molecular weight is 416 g/mol. The Balaban J connectivity index is 2.84. The topological polar surface area (TPSA) is 125 Å². The van der Waals surface area contributed by atoms with Crippen LogP contribution < -0.4 is 5.32 Å². The maximum absolute atomic E-state index is 12.0. The minimum Gasteiger partial charge on any atom is -0.444 e. The first-order valence-electron chi connectivity index (χ1n) is 8.37. The summed E-state index contributed by atoms with van der Waals surface area (Å²) < 4.78 is 60.7. The number of rotatable bonds is 9. The van der Waals surface area contributed by atoms with Crippen molar-refractivity contribution in [2.24, 2.45) is 5.92 Å². The van der Waals surface area contributed by atoms with Crippen LogP contribution in [0.25, 0.3) is 0 Å². The summed E-state index contributed by atoms with van der Waals surface area (Å²) in [7, 11) is -7.42. The van der Waals surface area contributed by atoms with Gasteiger partial charge in [0.25, 0.3) is 20.2 Å². The van der Waals surface area contributed by atoms with Gasteiger partial charge in [0.1, 0.15) is 5.60 Å². The lowest BCUT2D eigenvalue weighted by atomic mass is 9.79. The van der Waals surface area contributed by atoms with Crippen LogP contribution in [0.3, 0.4) is 0 Å². The van der Waals surface area contributed by atoms with Crippen LogP contribution >= 0.6 is 0 Å². The van der Waals surface area contributed by atoms with Gasteiger partial charge in [-0.1, -0.05) is 6.42 Å². The van der Waals surface area contributed by atoms with E-state index < -0.39 is 44.1 Å². The second-order valence-electron chi connectivity index (χ2n) is 7.60. The molecule has 0 aliphatic heterocycles. The molecule has 0 bridgehead atoms. The summed E-state index contributed by atoms with van der Waals surface area (Å²) in [4.78, 5) is 12.0. The molecule has 0 heterocycles. The van der Waals surface area contributed by atoms with E-state index in [9.17, 15) is 21.6 Å². The molecule has 154 valence electrons. The van der Waals surface area contributed by atoms with Crippen LogP contribution in [0.5, 0.6) is 0 Å². The predicted octanol–water partition coefficient (Wildman–Crippen LogP) is 1.39. The smallest absolute Gasteiger partial charge is 0.407 e. The van der Waals surface area contributed by atoms with Gasteiger partial charge in [0, 0.05) is 0 Å². The first kappa shape index (κ1) is 23.1. The first-order chi connectivity index (χ1) is 11.6. The van der Waals surface area contributed by atoms with Crippen LogP contribution in [0.1, 0.15) is 46.5 Å². The Labute approximate surface area is 156 Å². The molecule has 1 amide bonds. The minimum atomic E-state index is -3.72. The zero-order valence-electron chi connectivity index (χ0n) is 15.9. The number of nitrogens with one attached hydrogen (secondary N) is 1. The molecule has 9 nitrogen and oxygen atoms in total. The lowest BCUT2D eigenvalue weighted by molar-refractivity contribution is 0.0405. The van der Waals surface area contributed by atoms with Gasteiger partial charge in [-0.05, 0) is 46.0 Å². The van der Waals surface area contributed by atoms with Gasteiger partial charge in [-0.3, -0.25) is 8.37 Å². The summed E-state index contributed by atoms with van der Waals surface area (Å²) in [5.41, 5.74) is -0.733. The summed E-state index contributed by atoms with van der Waals surface area (Å²) in [6.45, 7) is 4.74. The standard InChI is InChI=1S/C15H29NO8S2/c1-15(2,3)23-14(17)16-12(10-22-25(4,18)19)9-13(11-7-6-8-11)24-26(5,20)21/h11-13H,6-10H2,1-5H3,(H,16,17). The number of amides is 1. The second-order valence-corrected chi connectivity index (χ2v) is 10.8. The molecule has 1 aliphatic rings. The van der Waals surface area contributed by atoms with Gasteiger partial charge in [0.15, 0.2) is 0 Å². The highest BCUT2D eigenvalue weighted by atomic mass is 32.2. The molecule has 26 heavy (non-hydrogen) atoms. The summed E-state index contributed by atoms with van der Waals surface area (Å²) in [5, 5.41) is 2.54. The molecule has 11 heteroatoms. The molecule has 1 rings (SSSR count). The van der Waals surface area contributed by atoms with Crippen molar-refractivity contribution < 1.29 is 34.7 Å². The first-order valence-corrected chi connectivity index (χ1v) is 12.0. The van der Waals surface area contributed by atoms with Crippen LogP contribution in [-0.4, -0.2) is 59.8 Å². The molecule has 0 aromatic carbocycles. The van der Waals surface area contributed by atoms with Crippen LogP contribution in [0.2, 0.25) is 0 Å². The van der Waals surface area contributed by atoms with E-state index in [4.69, 9.17) is 13.1 Å². The summed E-state index contributed by atoms with van der Waals surface area (Å²) in [6.07, 6.45) is 3.13. The quantitative estimate of drug-likeness (QED) is 0.560. The molecule has 0 aromatic heterocycles. The highest BCUT2D eigenvalue weighted by Gasteiger charge is 2.34. The van der Waals surface area contributed by atoms with Crippen LogP contribution in [0.4, 0.5) is 4.79 Å². The molecular weight excluding hydrogens is 386 g/mol. The van der Waals surface area contributed by atoms with Crippen molar-refractivity contribution in [1.29, 1.82) is 0 Å². The Morgan fingerprint density at radius 2 is 1.69 bits per heavy atom. The third kappa shape index (κ3) is 10.3. The monoisotopic (exact) mass is 415 g/mol. The van der Waals surface area contributed by atoms with Gasteiger partial charge in [0.05, 0.1) is 31.3 Å². The van der Waals surface area contributed by atoms with Crippen LogP contribution in [0.15, 0.2) is 0 Å². The van der Waals surface area contributed by atoms with E-state index in [1.165, 1.54) is 0 Å². The van der Waals surface area contributed by atoms with Crippen molar-refractivity contribution in [3.63, 3.8) is 0 Å². The zero-order valence-corrected chi connectivity index (χ0v) is 17.5. The summed E-state index contributed by atoms with van der Waals surface area (Å²) >= 11 is 0. The molecule has 1 aliphatic carbocycles. The van der Waals surface area contributed by atoms with E-state index in [0.29, 0.717) is 0 Å². The number of ether oxygens (including phenoxy) is 1. The Morgan fingerprint density at radius 1 is 1.12 bits per heavy atom.